The van der Waals surface area contributed by atoms with E-state index in [-0.39, 0.29) is 5.56 Å². The zero-order chi connectivity index (χ0) is 15.4. The maximum atomic E-state index is 11.0. The quantitative estimate of drug-likeness (QED) is 0.861. The largest absolute Gasteiger partial charge is 0.478 e. The lowest BCUT2D eigenvalue weighted by molar-refractivity contribution is 0.0696. The summed E-state index contributed by atoms with van der Waals surface area (Å²) in [6.07, 6.45) is 1.89. The van der Waals surface area contributed by atoms with Crippen LogP contribution in [0.15, 0.2) is 41.3 Å². The number of carboxylic acid groups (broad SMARTS) is 1. The molecule has 2 aromatic rings. The van der Waals surface area contributed by atoms with Gasteiger partial charge in [0, 0.05) is 4.90 Å². The number of aryl methyl sites for hydroxylation is 1. The van der Waals surface area contributed by atoms with E-state index in [1.807, 2.05) is 19.2 Å². The SMILES string of the molecule is CSc1cccc(Oc2cc(C(=O)O)ccc2C)c1C#N. The number of benzene rings is 2. The van der Waals surface area contributed by atoms with Gasteiger partial charge < -0.3 is 9.84 Å². The van der Waals surface area contributed by atoms with Gasteiger partial charge >= 0.3 is 5.97 Å². The Morgan fingerprint density at radius 1 is 1.29 bits per heavy atom. The summed E-state index contributed by atoms with van der Waals surface area (Å²) >= 11 is 1.46. The van der Waals surface area contributed by atoms with E-state index in [2.05, 4.69) is 6.07 Å². The van der Waals surface area contributed by atoms with Crippen LogP contribution in [0, 0.1) is 18.3 Å². The highest BCUT2D eigenvalue weighted by atomic mass is 32.2. The highest BCUT2D eigenvalue weighted by Crippen LogP contribution is 2.33. The molecule has 1 N–H and O–H groups in total. The highest BCUT2D eigenvalue weighted by molar-refractivity contribution is 7.98. The molecular weight excluding hydrogens is 286 g/mol. The molecule has 106 valence electrons. The Hall–Kier alpha value is -2.45. The summed E-state index contributed by atoms with van der Waals surface area (Å²) in [5.41, 5.74) is 1.40. The molecular formula is C16H13NO3S. The first-order valence-corrected chi connectivity index (χ1v) is 7.38. The molecule has 0 aliphatic rings. The van der Waals surface area contributed by atoms with Crippen LogP contribution in [0.4, 0.5) is 0 Å². The van der Waals surface area contributed by atoms with E-state index in [1.165, 1.54) is 23.9 Å². The number of carboxylic acids is 1. The van der Waals surface area contributed by atoms with Crippen LogP contribution in [0.3, 0.4) is 0 Å². The van der Waals surface area contributed by atoms with Crippen molar-refractivity contribution in [2.24, 2.45) is 0 Å². The first-order chi connectivity index (χ1) is 10.1. The van der Waals surface area contributed by atoms with Crippen molar-refractivity contribution in [1.29, 1.82) is 5.26 Å². The van der Waals surface area contributed by atoms with Crippen molar-refractivity contribution >= 4 is 17.7 Å². The standard InChI is InChI=1S/C16H13NO3S/c1-10-6-7-11(16(18)19)8-14(10)20-13-4-3-5-15(21-2)12(13)9-17/h3-8H,1-2H3,(H,18,19). The number of aromatic carboxylic acids is 1. The summed E-state index contributed by atoms with van der Waals surface area (Å²) in [6, 6.07) is 12.1. The van der Waals surface area contributed by atoms with Gasteiger partial charge in [0.2, 0.25) is 0 Å². The lowest BCUT2D eigenvalue weighted by atomic mass is 10.1. The van der Waals surface area contributed by atoms with Crippen LogP contribution in [-0.4, -0.2) is 17.3 Å². The van der Waals surface area contributed by atoms with Gasteiger partial charge in [-0.1, -0.05) is 12.1 Å². The third-order valence-electron chi connectivity index (χ3n) is 2.97. The van der Waals surface area contributed by atoms with E-state index < -0.39 is 5.97 Å². The number of nitriles is 1. The number of nitrogens with zero attached hydrogens (tertiary/aromatic N) is 1. The summed E-state index contributed by atoms with van der Waals surface area (Å²) < 4.78 is 5.77. The monoisotopic (exact) mass is 299 g/mol. The molecule has 0 saturated carbocycles. The van der Waals surface area contributed by atoms with Gasteiger partial charge in [0.1, 0.15) is 23.1 Å². The van der Waals surface area contributed by atoms with Crippen LogP contribution in [0.5, 0.6) is 11.5 Å². The number of ether oxygens (including phenoxy) is 1. The molecule has 0 aliphatic heterocycles. The zero-order valence-electron chi connectivity index (χ0n) is 11.6. The minimum absolute atomic E-state index is 0.148. The molecule has 0 spiro atoms. The van der Waals surface area contributed by atoms with Crippen molar-refractivity contribution in [2.45, 2.75) is 11.8 Å². The summed E-state index contributed by atoms with van der Waals surface area (Å²) in [5, 5.41) is 18.3. The van der Waals surface area contributed by atoms with Gasteiger partial charge in [-0.3, -0.25) is 0 Å². The fourth-order valence-corrected chi connectivity index (χ4v) is 2.40. The molecule has 0 aromatic heterocycles. The number of hydrogen-bond acceptors (Lipinski definition) is 4. The fraction of sp³-hybridized carbons (Fsp3) is 0.125. The topological polar surface area (TPSA) is 70.3 Å². The van der Waals surface area contributed by atoms with Gasteiger partial charge in [-0.25, -0.2) is 4.79 Å². The Kier molecular flexibility index (Phi) is 4.51. The Bertz CT molecular complexity index is 735. The predicted molar refractivity (Wildman–Crippen MR) is 81.2 cm³/mol. The predicted octanol–water partition coefficient (Wildman–Crippen LogP) is 4.08. The van der Waals surface area contributed by atoms with Crippen LogP contribution in [0.2, 0.25) is 0 Å². The summed E-state index contributed by atoms with van der Waals surface area (Å²) in [6.45, 7) is 1.82. The molecule has 0 aliphatic carbocycles. The summed E-state index contributed by atoms with van der Waals surface area (Å²) in [4.78, 5) is 11.9. The molecule has 0 radical (unpaired) electrons. The molecule has 2 aromatic carbocycles. The number of carbonyl (C=O) groups is 1. The second-order valence-electron chi connectivity index (χ2n) is 4.33. The van der Waals surface area contributed by atoms with Gasteiger partial charge in [0.25, 0.3) is 0 Å². The normalized spacial score (nSPS) is 9.95. The van der Waals surface area contributed by atoms with E-state index in [1.54, 1.807) is 18.2 Å². The van der Waals surface area contributed by atoms with E-state index in [0.717, 1.165) is 10.5 Å². The molecule has 0 heterocycles. The third-order valence-corrected chi connectivity index (χ3v) is 3.75. The fourth-order valence-electron chi connectivity index (χ4n) is 1.84. The number of thioether (sulfide) groups is 1. The minimum atomic E-state index is -1.02. The molecule has 0 saturated heterocycles. The maximum Gasteiger partial charge on any atom is 0.335 e. The Labute approximate surface area is 127 Å². The van der Waals surface area contributed by atoms with Crippen molar-refractivity contribution in [2.75, 3.05) is 6.26 Å². The van der Waals surface area contributed by atoms with Crippen molar-refractivity contribution in [3.63, 3.8) is 0 Å². The Morgan fingerprint density at radius 2 is 2.05 bits per heavy atom. The second-order valence-corrected chi connectivity index (χ2v) is 5.18. The van der Waals surface area contributed by atoms with Crippen LogP contribution in [0.1, 0.15) is 21.5 Å². The molecule has 5 heteroatoms. The van der Waals surface area contributed by atoms with Crippen LogP contribution in [0.25, 0.3) is 0 Å². The second kappa shape index (κ2) is 6.33. The van der Waals surface area contributed by atoms with Crippen molar-refractivity contribution in [3.05, 3.63) is 53.1 Å². The Morgan fingerprint density at radius 3 is 2.67 bits per heavy atom. The summed E-state index contributed by atoms with van der Waals surface area (Å²) in [7, 11) is 0. The van der Waals surface area contributed by atoms with E-state index >= 15 is 0 Å². The average Bonchev–Trinajstić information content (AvgIpc) is 2.48. The first kappa shape index (κ1) is 14.9. The van der Waals surface area contributed by atoms with E-state index in [0.29, 0.717) is 17.1 Å². The van der Waals surface area contributed by atoms with Crippen LogP contribution >= 0.6 is 11.8 Å². The zero-order valence-corrected chi connectivity index (χ0v) is 12.4. The lowest BCUT2D eigenvalue weighted by Gasteiger charge is -2.12. The number of hydrogen-bond donors (Lipinski definition) is 1. The van der Waals surface area contributed by atoms with Gasteiger partial charge in [-0.2, -0.15) is 5.26 Å². The average molecular weight is 299 g/mol. The maximum absolute atomic E-state index is 11.0. The minimum Gasteiger partial charge on any atom is -0.478 e. The molecule has 21 heavy (non-hydrogen) atoms. The van der Waals surface area contributed by atoms with Gasteiger partial charge in [0.15, 0.2) is 0 Å². The molecule has 0 unspecified atom stereocenters. The Balaban J connectivity index is 2.46. The molecule has 0 atom stereocenters. The van der Waals surface area contributed by atoms with E-state index in [9.17, 15) is 10.1 Å². The molecule has 2 rings (SSSR count). The lowest BCUT2D eigenvalue weighted by Crippen LogP contribution is -1.98. The third kappa shape index (κ3) is 3.18. The van der Waals surface area contributed by atoms with Crippen LogP contribution < -0.4 is 4.74 Å². The van der Waals surface area contributed by atoms with Gasteiger partial charge in [-0.15, -0.1) is 11.8 Å². The van der Waals surface area contributed by atoms with Crippen molar-refractivity contribution in [3.8, 4) is 17.6 Å². The first-order valence-electron chi connectivity index (χ1n) is 6.15. The molecule has 4 nitrogen and oxygen atoms in total. The van der Waals surface area contributed by atoms with Gasteiger partial charge in [0.05, 0.1) is 5.56 Å². The summed E-state index contributed by atoms with van der Waals surface area (Å²) in [5.74, 6) is -0.155. The highest BCUT2D eigenvalue weighted by Gasteiger charge is 2.12. The van der Waals surface area contributed by atoms with E-state index in [4.69, 9.17) is 9.84 Å². The number of rotatable bonds is 4. The van der Waals surface area contributed by atoms with Gasteiger partial charge in [-0.05, 0) is 43.0 Å². The molecule has 0 amide bonds. The molecule has 0 bridgehead atoms. The van der Waals surface area contributed by atoms with Crippen molar-refractivity contribution in [1.82, 2.24) is 0 Å². The van der Waals surface area contributed by atoms with Crippen molar-refractivity contribution < 1.29 is 14.6 Å². The smallest absolute Gasteiger partial charge is 0.335 e. The van der Waals surface area contributed by atoms with Crippen LogP contribution in [-0.2, 0) is 0 Å². The molecule has 0 fully saturated rings.